The molecule has 1 heterocycles. The normalized spacial score (nSPS) is 12.2. The van der Waals surface area contributed by atoms with Gasteiger partial charge in [0.1, 0.15) is 0 Å². The van der Waals surface area contributed by atoms with E-state index >= 15 is 0 Å². The van der Waals surface area contributed by atoms with Crippen LogP contribution in [0.1, 0.15) is 29.7 Å². The van der Waals surface area contributed by atoms with Crippen molar-refractivity contribution in [3.63, 3.8) is 0 Å². The van der Waals surface area contributed by atoms with Gasteiger partial charge < -0.3 is 4.74 Å². The molecule has 2 nitrogen and oxygen atoms in total. The van der Waals surface area contributed by atoms with E-state index in [-0.39, 0.29) is 0 Å². The average molecular weight is 241 g/mol. The van der Waals surface area contributed by atoms with Gasteiger partial charge in [-0.3, -0.25) is 0 Å². The van der Waals surface area contributed by atoms with Crippen molar-refractivity contribution in [3.8, 4) is 5.88 Å². The van der Waals surface area contributed by atoms with Gasteiger partial charge in [-0.25, -0.2) is 4.98 Å². The van der Waals surface area contributed by atoms with E-state index < -0.39 is 0 Å². The fourth-order valence-electron chi connectivity index (χ4n) is 2.25. The van der Waals surface area contributed by atoms with Gasteiger partial charge in [0, 0.05) is 11.8 Å². The lowest BCUT2D eigenvalue weighted by Crippen LogP contribution is -2.03. The monoisotopic (exact) mass is 241 g/mol. The first kappa shape index (κ1) is 12.6. The summed E-state index contributed by atoms with van der Waals surface area (Å²) in [6.07, 6.45) is 0.933. The molecule has 0 spiro atoms. The highest BCUT2D eigenvalue weighted by Gasteiger charge is 2.10. The number of benzene rings is 1. The smallest absolute Gasteiger partial charge is 0.213 e. The number of rotatable bonds is 4. The molecule has 0 bridgehead atoms. The Balaban J connectivity index is 2.16. The molecule has 2 aromatic rings. The van der Waals surface area contributed by atoms with Crippen LogP contribution in [0.2, 0.25) is 0 Å². The van der Waals surface area contributed by atoms with E-state index in [0.29, 0.717) is 11.8 Å². The van der Waals surface area contributed by atoms with Crippen LogP contribution in [0.5, 0.6) is 5.88 Å². The number of ether oxygens (including phenoxy) is 1. The number of aromatic nitrogens is 1. The van der Waals surface area contributed by atoms with E-state index in [2.05, 4.69) is 49.2 Å². The predicted octanol–water partition coefficient (Wildman–Crippen LogP) is 3.74. The molecule has 0 aliphatic carbocycles. The summed E-state index contributed by atoms with van der Waals surface area (Å²) in [7, 11) is 1.65. The molecule has 2 rings (SSSR count). The highest BCUT2D eigenvalue weighted by molar-refractivity contribution is 5.30. The van der Waals surface area contributed by atoms with Gasteiger partial charge in [-0.15, -0.1) is 0 Å². The lowest BCUT2D eigenvalue weighted by Gasteiger charge is -2.14. The van der Waals surface area contributed by atoms with Crippen LogP contribution in [-0.4, -0.2) is 12.1 Å². The van der Waals surface area contributed by atoms with Crippen LogP contribution >= 0.6 is 0 Å². The summed E-state index contributed by atoms with van der Waals surface area (Å²) in [6, 6.07) is 14.4. The van der Waals surface area contributed by atoms with Gasteiger partial charge in [0.25, 0.3) is 0 Å². The predicted molar refractivity (Wildman–Crippen MR) is 74.1 cm³/mol. The third-order valence-electron chi connectivity index (χ3n) is 3.23. The van der Waals surface area contributed by atoms with Crippen LogP contribution in [0.25, 0.3) is 0 Å². The van der Waals surface area contributed by atoms with Crippen molar-refractivity contribution >= 4 is 0 Å². The molecule has 0 saturated carbocycles. The van der Waals surface area contributed by atoms with Crippen LogP contribution in [0, 0.1) is 6.92 Å². The van der Waals surface area contributed by atoms with Gasteiger partial charge in [0.2, 0.25) is 5.88 Å². The molecule has 0 amide bonds. The zero-order chi connectivity index (χ0) is 13.0. The minimum atomic E-state index is 0.464. The molecule has 18 heavy (non-hydrogen) atoms. The molecule has 1 unspecified atom stereocenters. The molecule has 0 N–H and O–H groups in total. The molecule has 2 heteroatoms. The molecule has 0 aliphatic rings. The summed E-state index contributed by atoms with van der Waals surface area (Å²) in [4.78, 5) is 4.46. The second-order valence-electron chi connectivity index (χ2n) is 4.63. The third kappa shape index (κ3) is 2.89. The van der Waals surface area contributed by atoms with Crippen LogP contribution in [0.15, 0.2) is 42.5 Å². The summed E-state index contributed by atoms with van der Waals surface area (Å²) in [5.41, 5.74) is 3.81. The van der Waals surface area contributed by atoms with Crippen molar-refractivity contribution in [3.05, 3.63) is 59.3 Å². The summed E-state index contributed by atoms with van der Waals surface area (Å²) < 4.78 is 5.15. The van der Waals surface area contributed by atoms with E-state index in [1.807, 2.05) is 12.1 Å². The minimum absolute atomic E-state index is 0.464. The standard InChI is InChI=1S/C16H19NO/c1-12-7-4-5-9-15(12)13(2)11-14-8-6-10-16(17-14)18-3/h4-10,13H,11H2,1-3H3. The molecular formula is C16H19NO. The lowest BCUT2D eigenvalue weighted by molar-refractivity contribution is 0.396. The quantitative estimate of drug-likeness (QED) is 0.813. The highest BCUT2D eigenvalue weighted by Crippen LogP contribution is 2.23. The van der Waals surface area contributed by atoms with Gasteiger partial charge in [0.15, 0.2) is 0 Å². The zero-order valence-corrected chi connectivity index (χ0v) is 11.2. The molecule has 0 saturated heterocycles. The first-order chi connectivity index (χ1) is 8.70. The molecular weight excluding hydrogens is 222 g/mol. The van der Waals surface area contributed by atoms with Gasteiger partial charge in [-0.05, 0) is 36.5 Å². The summed E-state index contributed by atoms with van der Waals surface area (Å²) in [5, 5.41) is 0. The number of hydrogen-bond donors (Lipinski definition) is 0. The van der Waals surface area contributed by atoms with Crippen LogP contribution in [0.3, 0.4) is 0 Å². The van der Waals surface area contributed by atoms with E-state index in [4.69, 9.17) is 4.74 Å². The molecule has 1 aromatic heterocycles. The van der Waals surface area contributed by atoms with Crippen molar-refractivity contribution in [2.75, 3.05) is 7.11 Å². The van der Waals surface area contributed by atoms with Gasteiger partial charge >= 0.3 is 0 Å². The van der Waals surface area contributed by atoms with Crippen LogP contribution in [0.4, 0.5) is 0 Å². The Labute approximate surface area is 109 Å². The van der Waals surface area contributed by atoms with Crippen LogP contribution < -0.4 is 4.74 Å². The van der Waals surface area contributed by atoms with E-state index in [9.17, 15) is 0 Å². The first-order valence-corrected chi connectivity index (χ1v) is 6.26. The first-order valence-electron chi connectivity index (χ1n) is 6.26. The maximum Gasteiger partial charge on any atom is 0.213 e. The average Bonchev–Trinajstić information content (AvgIpc) is 2.39. The zero-order valence-electron chi connectivity index (χ0n) is 11.2. The minimum Gasteiger partial charge on any atom is -0.481 e. The fourth-order valence-corrected chi connectivity index (χ4v) is 2.25. The van der Waals surface area contributed by atoms with Crippen molar-refractivity contribution in [2.24, 2.45) is 0 Å². The molecule has 94 valence electrons. The maximum atomic E-state index is 5.15. The Morgan fingerprint density at radius 2 is 1.89 bits per heavy atom. The Hall–Kier alpha value is -1.83. The Morgan fingerprint density at radius 1 is 1.11 bits per heavy atom. The Kier molecular flexibility index (Phi) is 3.98. The second-order valence-corrected chi connectivity index (χ2v) is 4.63. The fraction of sp³-hybridized carbons (Fsp3) is 0.312. The highest BCUT2D eigenvalue weighted by atomic mass is 16.5. The molecule has 1 aromatic carbocycles. The number of hydrogen-bond acceptors (Lipinski definition) is 2. The SMILES string of the molecule is COc1cccc(CC(C)c2ccccc2C)n1. The van der Waals surface area contributed by atoms with Crippen molar-refractivity contribution in [1.29, 1.82) is 0 Å². The Bertz CT molecular complexity index is 522. The van der Waals surface area contributed by atoms with Crippen molar-refractivity contribution in [2.45, 2.75) is 26.2 Å². The molecule has 0 radical (unpaired) electrons. The maximum absolute atomic E-state index is 5.15. The second kappa shape index (κ2) is 5.67. The number of pyridine rings is 1. The Morgan fingerprint density at radius 3 is 2.61 bits per heavy atom. The molecule has 0 fully saturated rings. The summed E-state index contributed by atoms with van der Waals surface area (Å²) in [6.45, 7) is 4.40. The number of methoxy groups -OCH3 is 1. The van der Waals surface area contributed by atoms with Crippen LogP contribution in [-0.2, 0) is 6.42 Å². The summed E-state index contributed by atoms with van der Waals surface area (Å²) >= 11 is 0. The molecule has 1 atom stereocenters. The van der Waals surface area contributed by atoms with Gasteiger partial charge in [-0.2, -0.15) is 0 Å². The molecule has 0 aliphatic heterocycles. The lowest BCUT2D eigenvalue weighted by atomic mass is 9.92. The number of aryl methyl sites for hydroxylation is 1. The topological polar surface area (TPSA) is 22.1 Å². The van der Waals surface area contributed by atoms with E-state index in [1.165, 1.54) is 11.1 Å². The van der Waals surface area contributed by atoms with Gasteiger partial charge in [-0.1, -0.05) is 37.3 Å². The van der Waals surface area contributed by atoms with E-state index in [0.717, 1.165) is 12.1 Å². The van der Waals surface area contributed by atoms with Gasteiger partial charge in [0.05, 0.1) is 7.11 Å². The third-order valence-corrected chi connectivity index (χ3v) is 3.23. The summed E-state index contributed by atoms with van der Waals surface area (Å²) in [5.74, 6) is 1.15. The van der Waals surface area contributed by atoms with Crippen molar-refractivity contribution < 1.29 is 4.74 Å². The number of nitrogens with zero attached hydrogens (tertiary/aromatic N) is 1. The van der Waals surface area contributed by atoms with E-state index in [1.54, 1.807) is 7.11 Å². The largest absolute Gasteiger partial charge is 0.481 e. The van der Waals surface area contributed by atoms with Crippen molar-refractivity contribution in [1.82, 2.24) is 4.98 Å².